The van der Waals surface area contributed by atoms with Crippen LogP contribution >= 0.6 is 11.3 Å². The Hall–Kier alpha value is -3.53. The van der Waals surface area contributed by atoms with Crippen molar-refractivity contribution < 1.29 is 14.4 Å². The predicted octanol–water partition coefficient (Wildman–Crippen LogP) is 2.77. The first-order chi connectivity index (χ1) is 15.4. The third-order valence-electron chi connectivity index (χ3n) is 5.59. The smallest absolute Gasteiger partial charge is 0.315 e. The predicted molar refractivity (Wildman–Crippen MR) is 123 cm³/mol. The van der Waals surface area contributed by atoms with E-state index < -0.39 is 17.7 Å². The van der Waals surface area contributed by atoms with E-state index in [-0.39, 0.29) is 23.3 Å². The van der Waals surface area contributed by atoms with E-state index in [1.54, 1.807) is 16.2 Å². The molecule has 0 aliphatic carbocycles. The van der Waals surface area contributed by atoms with Crippen molar-refractivity contribution in [3.8, 4) is 0 Å². The van der Waals surface area contributed by atoms with Crippen LogP contribution in [0.5, 0.6) is 0 Å². The molecule has 4 N–H and O–H groups in total. The molecule has 32 heavy (non-hydrogen) atoms. The molecule has 0 saturated carbocycles. The molecule has 1 aliphatic heterocycles. The molecular formula is C22H24N6O3S. The number of nitrogens with one attached hydrogen (secondary N) is 2. The number of anilines is 2. The van der Waals surface area contributed by atoms with Gasteiger partial charge >= 0.3 is 11.8 Å². The SMILES string of the molecule is CNc1nc2cc([C@@H]3CC[C@@H](C)CN3C(=O)C(=O)Nc3ncccc3C(N)=O)ccc2s1. The number of benzene rings is 1. The fourth-order valence-corrected chi connectivity index (χ4v) is 4.78. The van der Waals surface area contributed by atoms with Gasteiger partial charge in [0.1, 0.15) is 5.82 Å². The van der Waals surface area contributed by atoms with Gasteiger partial charge in [0.25, 0.3) is 5.91 Å². The zero-order valence-corrected chi connectivity index (χ0v) is 18.6. The van der Waals surface area contributed by atoms with E-state index in [2.05, 4.69) is 27.5 Å². The Labute approximate surface area is 189 Å². The summed E-state index contributed by atoms with van der Waals surface area (Å²) in [6, 6.07) is 8.71. The second-order valence-corrected chi connectivity index (χ2v) is 8.90. The quantitative estimate of drug-likeness (QED) is 0.522. The summed E-state index contributed by atoms with van der Waals surface area (Å²) in [7, 11) is 1.82. The lowest BCUT2D eigenvalue weighted by Crippen LogP contribution is -2.46. The number of likely N-dealkylation sites (tertiary alicyclic amines) is 1. The van der Waals surface area contributed by atoms with Crippen LogP contribution in [0, 0.1) is 5.92 Å². The van der Waals surface area contributed by atoms with Gasteiger partial charge in [0.2, 0.25) is 0 Å². The number of nitrogens with zero attached hydrogens (tertiary/aromatic N) is 3. The Balaban J connectivity index is 1.60. The molecule has 2 aromatic heterocycles. The number of piperidine rings is 1. The van der Waals surface area contributed by atoms with Gasteiger partial charge in [0, 0.05) is 19.8 Å². The second-order valence-electron chi connectivity index (χ2n) is 7.87. The minimum atomic E-state index is -0.850. The molecule has 2 atom stereocenters. The third-order valence-corrected chi connectivity index (χ3v) is 6.64. The Morgan fingerprint density at radius 1 is 1.22 bits per heavy atom. The molecule has 3 heterocycles. The lowest BCUT2D eigenvalue weighted by molar-refractivity contribution is -0.146. The van der Waals surface area contributed by atoms with Crippen molar-refractivity contribution in [2.24, 2.45) is 11.7 Å². The van der Waals surface area contributed by atoms with E-state index in [9.17, 15) is 14.4 Å². The molecular weight excluding hydrogens is 428 g/mol. The summed E-state index contributed by atoms with van der Waals surface area (Å²) in [6.45, 7) is 2.51. The van der Waals surface area contributed by atoms with Gasteiger partial charge in [-0.1, -0.05) is 24.3 Å². The minimum Gasteiger partial charge on any atom is -0.365 e. The Morgan fingerprint density at radius 2 is 2.03 bits per heavy atom. The Morgan fingerprint density at radius 3 is 2.78 bits per heavy atom. The highest BCUT2D eigenvalue weighted by atomic mass is 32.1. The van der Waals surface area contributed by atoms with Crippen LogP contribution < -0.4 is 16.4 Å². The summed E-state index contributed by atoms with van der Waals surface area (Å²) in [5.41, 5.74) is 7.19. The maximum Gasteiger partial charge on any atom is 0.315 e. The number of thiazole rings is 1. The largest absolute Gasteiger partial charge is 0.365 e. The van der Waals surface area contributed by atoms with E-state index in [1.807, 2.05) is 25.2 Å². The number of fused-ring (bicyclic) bond motifs is 1. The molecule has 1 saturated heterocycles. The van der Waals surface area contributed by atoms with Crippen LogP contribution in [-0.2, 0) is 9.59 Å². The van der Waals surface area contributed by atoms with Crippen LogP contribution in [0.3, 0.4) is 0 Å². The van der Waals surface area contributed by atoms with E-state index in [0.29, 0.717) is 6.54 Å². The Kier molecular flexibility index (Phi) is 6.04. The first-order valence-electron chi connectivity index (χ1n) is 10.3. The van der Waals surface area contributed by atoms with Crippen molar-refractivity contribution in [2.75, 3.05) is 24.2 Å². The average Bonchev–Trinajstić information content (AvgIpc) is 3.21. The zero-order valence-electron chi connectivity index (χ0n) is 17.8. The molecule has 9 nitrogen and oxygen atoms in total. The molecule has 3 aromatic rings. The van der Waals surface area contributed by atoms with Crippen molar-refractivity contribution in [1.82, 2.24) is 14.9 Å². The van der Waals surface area contributed by atoms with Gasteiger partial charge in [-0.3, -0.25) is 14.4 Å². The molecule has 10 heteroatoms. The van der Waals surface area contributed by atoms with Crippen LogP contribution in [0.1, 0.15) is 41.7 Å². The van der Waals surface area contributed by atoms with Crippen LogP contribution in [0.15, 0.2) is 36.5 Å². The van der Waals surface area contributed by atoms with Gasteiger partial charge in [-0.25, -0.2) is 9.97 Å². The molecule has 1 aromatic carbocycles. The molecule has 1 aliphatic rings. The average molecular weight is 453 g/mol. The normalized spacial score (nSPS) is 18.4. The molecule has 1 fully saturated rings. The first-order valence-corrected chi connectivity index (χ1v) is 11.1. The number of pyridine rings is 1. The summed E-state index contributed by atoms with van der Waals surface area (Å²) < 4.78 is 1.05. The van der Waals surface area contributed by atoms with Gasteiger partial charge in [-0.15, -0.1) is 0 Å². The molecule has 0 unspecified atom stereocenters. The molecule has 0 bridgehead atoms. The number of primary amides is 1. The molecule has 3 amide bonds. The molecule has 0 spiro atoms. The van der Waals surface area contributed by atoms with E-state index in [0.717, 1.165) is 33.8 Å². The highest BCUT2D eigenvalue weighted by Gasteiger charge is 2.35. The monoisotopic (exact) mass is 452 g/mol. The molecule has 166 valence electrons. The summed E-state index contributed by atoms with van der Waals surface area (Å²) >= 11 is 1.56. The van der Waals surface area contributed by atoms with Gasteiger partial charge < -0.3 is 21.3 Å². The van der Waals surface area contributed by atoms with Crippen molar-refractivity contribution >= 4 is 50.2 Å². The van der Waals surface area contributed by atoms with E-state index in [1.165, 1.54) is 18.3 Å². The number of nitrogens with two attached hydrogens (primary N) is 1. The van der Waals surface area contributed by atoms with Gasteiger partial charge in [-0.2, -0.15) is 0 Å². The highest BCUT2D eigenvalue weighted by Crippen LogP contribution is 2.36. The number of amides is 3. The third kappa shape index (κ3) is 4.26. The van der Waals surface area contributed by atoms with Crippen LogP contribution in [0.4, 0.5) is 10.9 Å². The topological polar surface area (TPSA) is 130 Å². The number of carbonyl (C=O) groups is 3. The maximum absolute atomic E-state index is 13.2. The van der Waals surface area contributed by atoms with Crippen LogP contribution in [0.25, 0.3) is 10.2 Å². The van der Waals surface area contributed by atoms with E-state index in [4.69, 9.17) is 5.73 Å². The van der Waals surface area contributed by atoms with Gasteiger partial charge in [-0.05, 0) is 48.6 Å². The van der Waals surface area contributed by atoms with E-state index >= 15 is 0 Å². The number of aromatic nitrogens is 2. The Bertz CT molecular complexity index is 1190. The standard InChI is InChI=1S/C22H24N6O3S/c1-12-5-7-16(13-6-8-17-15(10-13)26-22(24-2)32-17)28(11-12)21(31)20(30)27-19-14(18(23)29)4-3-9-25-19/h3-4,6,8-10,12,16H,5,7,11H2,1-2H3,(H2,23,29)(H,24,26)(H,25,27,30)/t12-,16+/m1/s1. The van der Waals surface area contributed by atoms with Crippen molar-refractivity contribution in [1.29, 1.82) is 0 Å². The number of hydrogen-bond acceptors (Lipinski definition) is 7. The lowest BCUT2D eigenvalue weighted by Gasteiger charge is -2.38. The minimum absolute atomic E-state index is 0.0246. The molecule has 4 rings (SSSR count). The van der Waals surface area contributed by atoms with Crippen LogP contribution in [0.2, 0.25) is 0 Å². The summed E-state index contributed by atoms with van der Waals surface area (Å²) in [5, 5.41) is 6.33. The highest BCUT2D eigenvalue weighted by molar-refractivity contribution is 7.22. The zero-order chi connectivity index (χ0) is 22.8. The molecule has 0 radical (unpaired) electrons. The number of hydrogen-bond donors (Lipinski definition) is 3. The number of rotatable bonds is 4. The maximum atomic E-state index is 13.2. The fraction of sp³-hybridized carbons (Fsp3) is 0.318. The van der Waals surface area contributed by atoms with Crippen molar-refractivity contribution in [3.05, 3.63) is 47.7 Å². The van der Waals surface area contributed by atoms with Gasteiger partial charge in [0.05, 0.1) is 21.8 Å². The second kappa shape index (κ2) is 8.91. The lowest BCUT2D eigenvalue weighted by atomic mass is 9.89. The number of carbonyl (C=O) groups excluding carboxylic acids is 3. The van der Waals surface area contributed by atoms with Crippen LogP contribution in [-0.4, -0.2) is 46.2 Å². The summed E-state index contributed by atoms with van der Waals surface area (Å²) in [4.78, 5) is 47.7. The van der Waals surface area contributed by atoms with Crippen molar-refractivity contribution in [2.45, 2.75) is 25.8 Å². The van der Waals surface area contributed by atoms with Crippen molar-refractivity contribution in [3.63, 3.8) is 0 Å². The first kappa shape index (κ1) is 21.7. The van der Waals surface area contributed by atoms with Gasteiger partial charge in [0.15, 0.2) is 5.13 Å². The summed E-state index contributed by atoms with van der Waals surface area (Å²) in [5.74, 6) is -2.02. The fourth-order valence-electron chi connectivity index (χ4n) is 3.98. The summed E-state index contributed by atoms with van der Waals surface area (Å²) in [6.07, 6.45) is 3.10.